The van der Waals surface area contributed by atoms with Crippen LogP contribution in [-0.4, -0.2) is 71.7 Å². The average molecular weight is 372 g/mol. The Kier molecular flexibility index (Phi) is 4.15. The predicted octanol–water partition coefficient (Wildman–Crippen LogP) is -0.244. The van der Waals surface area contributed by atoms with Crippen molar-refractivity contribution in [2.75, 3.05) is 14.1 Å². The van der Waals surface area contributed by atoms with Crippen molar-refractivity contribution in [1.82, 2.24) is 9.80 Å². The van der Waals surface area contributed by atoms with Gasteiger partial charge in [0, 0.05) is 26.9 Å². The standard InChI is InChI=1S/C15H20N2O7S/c1-16-11(18)9(12(19)17(2)14(16)21)8-10-13(20)24-15(25(10,22)23)6-4-3-5-7-15/h8,10-11,18H,3-7H2,1-2H3. The molecule has 2 unspecified atom stereocenters. The molecule has 0 bridgehead atoms. The molecule has 2 aliphatic heterocycles. The van der Waals surface area contributed by atoms with E-state index in [9.17, 15) is 27.9 Å². The van der Waals surface area contributed by atoms with Crippen LogP contribution in [0.15, 0.2) is 11.6 Å². The number of carbonyl (C=O) groups excluding carboxylic acids is 3. The molecule has 0 aromatic carbocycles. The number of nitrogens with zero attached hydrogens (tertiary/aromatic N) is 2. The molecule has 0 radical (unpaired) electrons. The Morgan fingerprint density at radius 1 is 1.16 bits per heavy atom. The highest BCUT2D eigenvalue weighted by molar-refractivity contribution is 7.94. The zero-order valence-electron chi connectivity index (χ0n) is 14.0. The van der Waals surface area contributed by atoms with Crippen molar-refractivity contribution in [2.24, 2.45) is 0 Å². The zero-order valence-corrected chi connectivity index (χ0v) is 14.8. The first-order valence-corrected chi connectivity index (χ1v) is 9.58. The van der Waals surface area contributed by atoms with Crippen LogP contribution in [0.2, 0.25) is 0 Å². The van der Waals surface area contributed by atoms with Gasteiger partial charge in [0.15, 0.2) is 11.5 Å². The quantitative estimate of drug-likeness (QED) is 0.498. The number of hydrogen-bond donors (Lipinski definition) is 1. The smallest absolute Gasteiger partial charge is 0.330 e. The summed E-state index contributed by atoms with van der Waals surface area (Å²) in [4.78, 5) is 36.4. The van der Waals surface area contributed by atoms with Gasteiger partial charge in [0.25, 0.3) is 5.91 Å². The summed E-state index contributed by atoms with van der Waals surface area (Å²) in [5.41, 5.74) is -0.331. The minimum atomic E-state index is -4.03. The van der Waals surface area contributed by atoms with Gasteiger partial charge in [-0.2, -0.15) is 0 Å². The van der Waals surface area contributed by atoms with E-state index in [1.807, 2.05) is 0 Å². The largest absolute Gasteiger partial charge is 0.441 e. The van der Waals surface area contributed by atoms with E-state index in [1.54, 1.807) is 0 Å². The van der Waals surface area contributed by atoms with E-state index in [1.165, 1.54) is 14.1 Å². The molecule has 1 spiro atoms. The minimum Gasteiger partial charge on any atom is -0.441 e. The van der Waals surface area contributed by atoms with Gasteiger partial charge in [-0.1, -0.05) is 6.42 Å². The number of hydrogen-bond acceptors (Lipinski definition) is 7. The number of aliphatic hydroxyl groups excluding tert-OH is 1. The van der Waals surface area contributed by atoms with Crippen LogP contribution in [0.1, 0.15) is 32.1 Å². The lowest BCUT2D eigenvalue weighted by Crippen LogP contribution is -2.55. The molecule has 25 heavy (non-hydrogen) atoms. The lowest BCUT2D eigenvalue weighted by molar-refractivity contribution is -0.148. The summed E-state index contributed by atoms with van der Waals surface area (Å²) in [7, 11) is -1.54. The van der Waals surface area contributed by atoms with Gasteiger partial charge in [0.2, 0.25) is 14.8 Å². The van der Waals surface area contributed by atoms with Crippen LogP contribution in [0.4, 0.5) is 4.79 Å². The van der Waals surface area contributed by atoms with Crippen molar-refractivity contribution in [3.05, 3.63) is 11.6 Å². The molecule has 10 heteroatoms. The number of likely N-dealkylation sites (N-methyl/N-ethyl adjacent to an activating group) is 2. The first-order valence-electron chi connectivity index (χ1n) is 8.03. The summed E-state index contributed by atoms with van der Waals surface area (Å²) in [5, 5.41) is 8.50. The molecule has 3 aliphatic rings. The molecule has 1 N–H and O–H groups in total. The maximum Gasteiger partial charge on any atom is 0.330 e. The third-order valence-corrected chi connectivity index (χ3v) is 7.63. The van der Waals surface area contributed by atoms with E-state index in [-0.39, 0.29) is 18.4 Å². The van der Waals surface area contributed by atoms with E-state index in [4.69, 9.17) is 4.74 Å². The maximum absolute atomic E-state index is 12.9. The van der Waals surface area contributed by atoms with Gasteiger partial charge in [-0.3, -0.25) is 19.4 Å². The van der Waals surface area contributed by atoms with Gasteiger partial charge in [-0.15, -0.1) is 0 Å². The fraction of sp³-hybridized carbons (Fsp3) is 0.667. The Balaban J connectivity index is 2.01. The van der Waals surface area contributed by atoms with Gasteiger partial charge >= 0.3 is 12.0 Å². The molecule has 3 fully saturated rings. The van der Waals surface area contributed by atoms with Crippen LogP contribution in [-0.2, 0) is 24.2 Å². The van der Waals surface area contributed by atoms with Crippen LogP contribution >= 0.6 is 0 Å². The van der Waals surface area contributed by atoms with Crippen LogP contribution in [0.3, 0.4) is 0 Å². The van der Waals surface area contributed by atoms with Gasteiger partial charge in [-0.05, 0) is 18.9 Å². The number of sulfone groups is 1. The Bertz CT molecular complexity index is 767. The summed E-state index contributed by atoms with van der Waals surface area (Å²) in [6, 6.07) is -0.727. The van der Waals surface area contributed by atoms with Gasteiger partial charge in [-0.25, -0.2) is 13.2 Å². The summed E-state index contributed by atoms with van der Waals surface area (Å²) >= 11 is 0. The molecular weight excluding hydrogens is 352 g/mol. The lowest BCUT2D eigenvalue weighted by Gasteiger charge is -2.35. The van der Waals surface area contributed by atoms with E-state index < -0.39 is 44.2 Å². The third-order valence-electron chi connectivity index (χ3n) is 5.10. The second kappa shape index (κ2) is 5.80. The van der Waals surface area contributed by atoms with Crippen LogP contribution < -0.4 is 0 Å². The Labute approximate surface area is 145 Å². The number of rotatable bonds is 1. The molecule has 1 aliphatic carbocycles. The van der Waals surface area contributed by atoms with Crippen molar-refractivity contribution in [3.8, 4) is 0 Å². The SMILES string of the molecule is CN1C(=O)C(=CC2C(=O)OC3(CCCCC3)S2(=O)=O)C(O)N(C)C1=O. The number of imide groups is 1. The van der Waals surface area contributed by atoms with Crippen LogP contribution in [0.25, 0.3) is 0 Å². The summed E-state index contributed by atoms with van der Waals surface area (Å²) in [6.07, 6.45) is 1.91. The van der Waals surface area contributed by atoms with Crippen molar-refractivity contribution in [2.45, 2.75) is 48.5 Å². The molecule has 138 valence electrons. The van der Waals surface area contributed by atoms with Crippen LogP contribution in [0, 0.1) is 0 Å². The fourth-order valence-corrected chi connectivity index (χ4v) is 5.70. The van der Waals surface area contributed by atoms with Gasteiger partial charge in [0.1, 0.15) is 0 Å². The molecule has 2 saturated heterocycles. The van der Waals surface area contributed by atoms with Crippen molar-refractivity contribution in [3.63, 3.8) is 0 Å². The Morgan fingerprint density at radius 3 is 2.36 bits per heavy atom. The number of urea groups is 1. The lowest BCUT2D eigenvalue weighted by atomic mass is 9.97. The number of aliphatic hydroxyl groups is 1. The molecule has 0 aromatic rings. The zero-order chi connectivity index (χ0) is 18.6. The summed E-state index contributed by atoms with van der Waals surface area (Å²) < 4.78 is 31.1. The second-order valence-corrected chi connectivity index (χ2v) is 8.95. The maximum atomic E-state index is 12.9. The molecule has 1 saturated carbocycles. The molecule has 0 aromatic heterocycles. The molecule has 3 rings (SSSR count). The highest BCUT2D eigenvalue weighted by Crippen LogP contribution is 2.44. The number of carbonyl (C=O) groups is 3. The summed E-state index contributed by atoms with van der Waals surface area (Å²) in [6.45, 7) is 0. The van der Waals surface area contributed by atoms with E-state index in [0.717, 1.165) is 22.3 Å². The molecular formula is C15H20N2O7S. The molecule has 3 amide bonds. The fourth-order valence-electron chi connectivity index (χ4n) is 3.55. The highest BCUT2D eigenvalue weighted by atomic mass is 32.2. The van der Waals surface area contributed by atoms with Gasteiger partial charge < -0.3 is 9.84 Å². The van der Waals surface area contributed by atoms with Crippen molar-refractivity contribution >= 4 is 27.7 Å². The predicted molar refractivity (Wildman–Crippen MR) is 84.6 cm³/mol. The van der Waals surface area contributed by atoms with Crippen molar-refractivity contribution < 1.29 is 32.6 Å². The number of amides is 3. The summed E-state index contributed by atoms with van der Waals surface area (Å²) in [5.74, 6) is -1.79. The number of esters is 1. The molecule has 2 atom stereocenters. The number of ether oxygens (including phenoxy) is 1. The Hall–Kier alpha value is -1.94. The first kappa shape index (κ1) is 17.9. The first-order chi connectivity index (χ1) is 11.6. The van der Waals surface area contributed by atoms with Crippen LogP contribution in [0.5, 0.6) is 0 Å². The molecule has 9 nitrogen and oxygen atoms in total. The normalized spacial score (nSPS) is 33.2. The Morgan fingerprint density at radius 2 is 1.76 bits per heavy atom. The highest BCUT2D eigenvalue weighted by Gasteiger charge is 2.60. The minimum absolute atomic E-state index is 0.232. The van der Waals surface area contributed by atoms with E-state index in [2.05, 4.69) is 0 Å². The monoisotopic (exact) mass is 372 g/mol. The third kappa shape index (κ3) is 2.46. The van der Waals surface area contributed by atoms with Crippen molar-refractivity contribution in [1.29, 1.82) is 0 Å². The second-order valence-electron chi connectivity index (χ2n) is 6.61. The average Bonchev–Trinajstić information content (AvgIpc) is 2.75. The topological polar surface area (TPSA) is 121 Å². The van der Waals surface area contributed by atoms with E-state index >= 15 is 0 Å². The molecule has 2 heterocycles. The van der Waals surface area contributed by atoms with E-state index in [0.29, 0.717) is 12.8 Å². The van der Waals surface area contributed by atoms with Gasteiger partial charge in [0.05, 0.1) is 5.57 Å².